The lowest BCUT2D eigenvalue weighted by molar-refractivity contribution is 0.537. The first-order chi connectivity index (χ1) is 6.71. The third-order valence-electron chi connectivity index (χ3n) is 0.469. The third kappa shape index (κ3) is 1.78. The number of hydrogen-bond acceptors (Lipinski definition) is 1. The molecule has 42 valence electrons. The van der Waals surface area contributed by atoms with Crippen LogP contribution in [0.3, 0.4) is 0 Å². The Morgan fingerprint density at radius 2 is 2.29 bits per heavy atom. The van der Waals surface area contributed by atoms with Gasteiger partial charge in [0.2, 0.25) is 0 Å². The summed E-state index contributed by atoms with van der Waals surface area (Å²) in [5.41, 5.74) is 0. The quantitative estimate of drug-likeness (QED) is 0.541. The van der Waals surface area contributed by atoms with Crippen LogP contribution in [0, 0.1) is 0 Å². The van der Waals surface area contributed by atoms with Gasteiger partial charge < -0.3 is 5.32 Å². The van der Waals surface area contributed by atoms with E-state index in [4.69, 9.17) is 12.3 Å². The summed E-state index contributed by atoms with van der Waals surface area (Å²) in [6.45, 7) is -5.74. The summed E-state index contributed by atoms with van der Waals surface area (Å²) < 4.78 is 66.8. The highest BCUT2D eigenvalue weighted by molar-refractivity contribution is 9.09. The molecule has 0 spiro atoms. The predicted octanol–water partition coefficient (Wildman–Crippen LogP) is 1.13. The summed E-state index contributed by atoms with van der Waals surface area (Å²) in [5.74, 6) is 0. The molecule has 0 aromatic rings. The number of alkyl halides is 1. The zero-order chi connectivity index (χ0) is 13.2. The fraction of sp³-hybridized carbons (Fsp3) is 1.00. The highest BCUT2D eigenvalue weighted by Crippen LogP contribution is 2.10. The molecule has 1 aliphatic rings. The number of halogens is 1. The molecule has 0 unspecified atom stereocenters. The summed E-state index contributed by atoms with van der Waals surface area (Å²) in [6, 6.07) is 0. The second kappa shape index (κ2) is 2.68. The summed E-state index contributed by atoms with van der Waals surface area (Å²) in [6.07, 6.45) is -5.90. The van der Waals surface area contributed by atoms with E-state index in [0.29, 0.717) is 0 Å². The van der Waals surface area contributed by atoms with E-state index in [1.165, 1.54) is 0 Å². The van der Waals surface area contributed by atoms with E-state index in [2.05, 4.69) is 15.9 Å². The monoisotopic (exact) mass is 172 g/mol. The number of hydrogen-bond donors (Lipinski definition) is 1. The van der Waals surface area contributed by atoms with Crippen molar-refractivity contribution in [3.05, 3.63) is 0 Å². The van der Waals surface area contributed by atoms with Crippen LogP contribution in [-0.4, -0.2) is 17.8 Å². The molecule has 1 heterocycles. The van der Waals surface area contributed by atoms with Crippen molar-refractivity contribution < 1.29 is 12.3 Å². The van der Waals surface area contributed by atoms with Crippen LogP contribution in [0.1, 0.15) is 25.1 Å². The molecule has 0 amide bonds. The molecule has 1 N–H and O–H groups in total. The van der Waals surface area contributed by atoms with Crippen LogP contribution in [0.5, 0.6) is 0 Å². The van der Waals surface area contributed by atoms with Crippen LogP contribution in [0.2, 0.25) is 0 Å². The minimum Gasteiger partial charge on any atom is -0.317 e. The Morgan fingerprint density at radius 1 is 1.71 bits per heavy atom. The van der Waals surface area contributed by atoms with E-state index >= 15 is 0 Å². The highest BCUT2D eigenvalue weighted by atomic mass is 79.9. The maximum absolute atomic E-state index is 7.59. The molecule has 0 aromatic heterocycles. The lowest BCUT2D eigenvalue weighted by atomic mass is 10.2. The SMILES string of the molecule is [2H]C1([2H])NC([2H])([2H])C([2H])([2H])C([2H])(Br)C1([2H])[2H]. The van der Waals surface area contributed by atoms with Crippen LogP contribution in [0.4, 0.5) is 0 Å². The molecule has 1 saturated heterocycles. The lowest BCUT2D eigenvalue weighted by Gasteiger charge is -2.15. The standard InChI is InChI=1S/C5H10BrN/c6-5-1-3-7-4-2-5/h5,7H,1-4H2/i1D2,2D2,3D2,4D2,5D. The Morgan fingerprint density at radius 3 is 2.86 bits per heavy atom. The second-order valence-corrected chi connectivity index (χ2v) is 1.73. The molecule has 0 saturated carbocycles. The van der Waals surface area contributed by atoms with Crippen molar-refractivity contribution in [3.8, 4) is 0 Å². The van der Waals surface area contributed by atoms with Crippen LogP contribution in [0.25, 0.3) is 0 Å². The van der Waals surface area contributed by atoms with Gasteiger partial charge in [0.05, 0.1) is 0 Å². The van der Waals surface area contributed by atoms with E-state index < -0.39 is 30.5 Å². The molecule has 0 aromatic carbocycles. The van der Waals surface area contributed by atoms with Gasteiger partial charge in [-0.15, -0.1) is 0 Å². The zero-order valence-corrected chi connectivity index (χ0v) is 4.96. The summed E-state index contributed by atoms with van der Waals surface area (Å²) in [5, 5.41) is 1.63. The van der Waals surface area contributed by atoms with Crippen LogP contribution in [0.15, 0.2) is 0 Å². The number of rotatable bonds is 0. The average Bonchev–Trinajstić information content (AvgIpc) is 1.98. The molecule has 2 heteroatoms. The van der Waals surface area contributed by atoms with Crippen molar-refractivity contribution >= 4 is 15.9 Å². The zero-order valence-electron chi connectivity index (χ0n) is 12.4. The van der Waals surface area contributed by atoms with Gasteiger partial charge in [-0.1, -0.05) is 15.9 Å². The first-order valence-electron chi connectivity index (χ1n) is 6.19. The van der Waals surface area contributed by atoms with Gasteiger partial charge >= 0.3 is 0 Å². The van der Waals surface area contributed by atoms with Crippen LogP contribution < -0.4 is 5.32 Å². The number of nitrogens with one attached hydrogen (secondary N) is 1. The van der Waals surface area contributed by atoms with Gasteiger partial charge in [-0.25, -0.2) is 0 Å². The first kappa shape index (κ1) is 1.14. The minimum atomic E-state index is -2.95. The van der Waals surface area contributed by atoms with Crippen LogP contribution >= 0.6 is 15.9 Å². The van der Waals surface area contributed by atoms with Gasteiger partial charge in [-0.05, 0) is 25.7 Å². The van der Waals surface area contributed by atoms with E-state index in [0.717, 1.165) is 0 Å². The van der Waals surface area contributed by atoms with Gasteiger partial charge in [0.1, 0.15) is 0 Å². The van der Waals surface area contributed by atoms with E-state index in [1.54, 1.807) is 5.32 Å². The Hall–Kier alpha value is 0.440. The molecule has 1 aliphatic heterocycles. The Kier molecular flexibility index (Phi) is 0.436. The van der Waals surface area contributed by atoms with Crippen molar-refractivity contribution in [2.75, 3.05) is 13.0 Å². The van der Waals surface area contributed by atoms with Gasteiger partial charge in [-0.3, -0.25) is 0 Å². The third-order valence-corrected chi connectivity index (χ3v) is 0.866. The molecule has 0 atom stereocenters. The lowest BCUT2D eigenvalue weighted by Crippen LogP contribution is -2.27. The molecule has 1 nitrogen and oxygen atoms in total. The normalized spacial score (nSPS) is 77.6. The van der Waals surface area contributed by atoms with E-state index in [-0.39, 0.29) is 0 Å². The molecule has 7 heavy (non-hydrogen) atoms. The minimum absolute atomic E-state index is 1.63. The molecule has 0 aliphatic carbocycles. The fourth-order valence-corrected chi connectivity index (χ4v) is 0.433. The number of piperidine rings is 1. The summed E-state index contributed by atoms with van der Waals surface area (Å²) >= 11 is 2.48. The first-order valence-corrected chi connectivity index (χ1v) is 2.48. The second-order valence-electron chi connectivity index (χ2n) is 0.939. The van der Waals surface area contributed by atoms with E-state index in [9.17, 15) is 0 Å². The highest BCUT2D eigenvalue weighted by Gasteiger charge is 2.06. The Labute approximate surface area is 65.3 Å². The van der Waals surface area contributed by atoms with Gasteiger partial charge in [0, 0.05) is 17.1 Å². The molecule has 1 fully saturated rings. The van der Waals surface area contributed by atoms with E-state index in [1.807, 2.05) is 0 Å². The molecular weight excluding hydrogens is 154 g/mol. The molecule has 0 radical (unpaired) electrons. The summed E-state index contributed by atoms with van der Waals surface area (Å²) in [4.78, 5) is -2.74. The van der Waals surface area contributed by atoms with Crippen molar-refractivity contribution in [2.45, 2.75) is 17.5 Å². The smallest absolute Gasteiger partial charge is 0.0428 e. The fourth-order valence-electron chi connectivity index (χ4n) is 0.235. The topological polar surface area (TPSA) is 12.0 Å². The Balaban J connectivity index is 3.43. The predicted molar refractivity (Wildman–Crippen MR) is 34.8 cm³/mol. The molecular formula is C5H10BrN. The van der Waals surface area contributed by atoms with Crippen molar-refractivity contribution in [1.82, 2.24) is 5.32 Å². The maximum atomic E-state index is 7.59. The van der Waals surface area contributed by atoms with Crippen molar-refractivity contribution in [1.29, 1.82) is 0 Å². The van der Waals surface area contributed by atoms with Gasteiger partial charge in [-0.2, -0.15) is 0 Å². The van der Waals surface area contributed by atoms with Gasteiger partial charge in [0.15, 0.2) is 0 Å². The largest absolute Gasteiger partial charge is 0.317 e. The summed E-state index contributed by atoms with van der Waals surface area (Å²) in [7, 11) is 0. The van der Waals surface area contributed by atoms with Crippen LogP contribution in [-0.2, 0) is 0 Å². The van der Waals surface area contributed by atoms with Crippen molar-refractivity contribution in [2.24, 2.45) is 0 Å². The molecule has 1 rings (SSSR count). The Bertz CT molecular complexity index is 283. The maximum Gasteiger partial charge on any atom is 0.0428 e. The van der Waals surface area contributed by atoms with Crippen molar-refractivity contribution in [3.63, 3.8) is 0 Å². The average molecular weight is 173 g/mol. The molecule has 0 bridgehead atoms. The van der Waals surface area contributed by atoms with Gasteiger partial charge in [0.25, 0.3) is 0 Å².